The van der Waals surface area contributed by atoms with Crippen molar-refractivity contribution in [2.45, 2.75) is 26.9 Å². The highest BCUT2D eigenvalue weighted by molar-refractivity contribution is 14.0. The van der Waals surface area contributed by atoms with Gasteiger partial charge in [-0.25, -0.2) is 9.97 Å². The number of para-hydroxylation sites is 1. The monoisotopic (exact) mass is 537 g/mol. The summed E-state index contributed by atoms with van der Waals surface area (Å²) in [5.74, 6) is 3.50. The molecule has 0 saturated carbocycles. The van der Waals surface area contributed by atoms with E-state index in [1.807, 2.05) is 56.3 Å². The number of pyridine rings is 1. The van der Waals surface area contributed by atoms with Gasteiger partial charge in [0.2, 0.25) is 11.8 Å². The summed E-state index contributed by atoms with van der Waals surface area (Å²) in [6.45, 7) is 5.75. The molecule has 3 aromatic rings. The van der Waals surface area contributed by atoms with Gasteiger partial charge >= 0.3 is 0 Å². The highest BCUT2D eigenvalue weighted by atomic mass is 127. The van der Waals surface area contributed by atoms with Crippen LogP contribution >= 0.6 is 24.0 Å². The fraction of sp³-hybridized carbons (Fsp3) is 0.318. The van der Waals surface area contributed by atoms with Crippen LogP contribution in [-0.2, 0) is 13.1 Å². The molecule has 0 bridgehead atoms. The number of aryl methyl sites for hydroxylation is 2. The number of aliphatic imine (C=N–C) groups is 1. The van der Waals surface area contributed by atoms with Crippen LogP contribution in [0.3, 0.4) is 0 Å². The van der Waals surface area contributed by atoms with Crippen molar-refractivity contribution in [3.05, 3.63) is 71.6 Å². The Morgan fingerprint density at radius 2 is 1.74 bits per heavy atom. The zero-order valence-corrected chi connectivity index (χ0v) is 20.3. The molecule has 0 radical (unpaired) electrons. The van der Waals surface area contributed by atoms with E-state index in [4.69, 9.17) is 13.9 Å². The Hall–Kier alpha value is -2.82. The molecule has 0 aliphatic rings. The van der Waals surface area contributed by atoms with E-state index < -0.39 is 0 Å². The number of halogens is 1. The number of aromatic nitrogens is 2. The number of rotatable bonds is 9. The minimum Gasteiger partial charge on any atom is -0.490 e. The summed E-state index contributed by atoms with van der Waals surface area (Å²) >= 11 is 0. The SMILES string of the molecule is CN=C(NCc1ccc(OCCOc2ccccc2)nc1)NCc1nc(C)c(C)o1.I. The molecule has 166 valence electrons. The molecule has 2 aromatic heterocycles. The zero-order valence-electron chi connectivity index (χ0n) is 17.9. The number of ether oxygens (including phenoxy) is 2. The third kappa shape index (κ3) is 8.08. The van der Waals surface area contributed by atoms with Crippen LogP contribution in [0.2, 0.25) is 0 Å². The van der Waals surface area contributed by atoms with E-state index in [1.165, 1.54) is 0 Å². The minimum atomic E-state index is 0. The van der Waals surface area contributed by atoms with E-state index in [1.54, 1.807) is 13.2 Å². The third-order valence-corrected chi connectivity index (χ3v) is 4.31. The van der Waals surface area contributed by atoms with Gasteiger partial charge < -0.3 is 24.5 Å². The second-order valence-electron chi connectivity index (χ2n) is 6.54. The molecule has 0 fully saturated rings. The lowest BCUT2D eigenvalue weighted by atomic mass is 10.3. The van der Waals surface area contributed by atoms with Crippen molar-refractivity contribution >= 4 is 29.9 Å². The van der Waals surface area contributed by atoms with Crippen LogP contribution in [0, 0.1) is 13.8 Å². The molecule has 2 heterocycles. The predicted molar refractivity (Wildman–Crippen MR) is 130 cm³/mol. The smallest absolute Gasteiger partial charge is 0.214 e. The molecule has 0 aliphatic carbocycles. The van der Waals surface area contributed by atoms with Crippen molar-refractivity contribution in [3.8, 4) is 11.6 Å². The molecule has 0 spiro atoms. The van der Waals surface area contributed by atoms with Crippen LogP contribution in [0.4, 0.5) is 0 Å². The maximum Gasteiger partial charge on any atom is 0.214 e. The fourth-order valence-corrected chi connectivity index (χ4v) is 2.60. The summed E-state index contributed by atoms with van der Waals surface area (Å²) in [6, 6.07) is 13.4. The predicted octanol–water partition coefficient (Wildman–Crippen LogP) is 3.63. The van der Waals surface area contributed by atoms with Crippen molar-refractivity contribution in [1.82, 2.24) is 20.6 Å². The van der Waals surface area contributed by atoms with Crippen molar-refractivity contribution in [1.29, 1.82) is 0 Å². The van der Waals surface area contributed by atoms with E-state index in [-0.39, 0.29) is 24.0 Å². The maximum absolute atomic E-state index is 5.62. The molecular weight excluding hydrogens is 509 g/mol. The van der Waals surface area contributed by atoms with Gasteiger partial charge in [0.15, 0.2) is 5.96 Å². The average molecular weight is 537 g/mol. The van der Waals surface area contributed by atoms with Gasteiger partial charge in [0.1, 0.15) is 24.7 Å². The normalized spacial score (nSPS) is 10.9. The van der Waals surface area contributed by atoms with Gasteiger partial charge in [-0.15, -0.1) is 24.0 Å². The first-order valence-electron chi connectivity index (χ1n) is 9.77. The summed E-state index contributed by atoms with van der Waals surface area (Å²) in [6.07, 6.45) is 1.77. The fourth-order valence-electron chi connectivity index (χ4n) is 2.60. The van der Waals surface area contributed by atoms with Gasteiger partial charge in [-0.2, -0.15) is 0 Å². The molecule has 0 aliphatic heterocycles. The molecule has 0 atom stereocenters. The second kappa shape index (κ2) is 12.8. The average Bonchev–Trinajstić information content (AvgIpc) is 3.10. The quantitative estimate of drug-likeness (QED) is 0.186. The molecule has 0 amide bonds. The highest BCUT2D eigenvalue weighted by Crippen LogP contribution is 2.10. The molecule has 9 heteroatoms. The Morgan fingerprint density at radius 3 is 2.39 bits per heavy atom. The largest absolute Gasteiger partial charge is 0.490 e. The van der Waals surface area contributed by atoms with Crippen LogP contribution < -0.4 is 20.1 Å². The first-order chi connectivity index (χ1) is 14.6. The molecule has 31 heavy (non-hydrogen) atoms. The van der Waals surface area contributed by atoms with Gasteiger partial charge in [0.05, 0.1) is 12.2 Å². The van der Waals surface area contributed by atoms with Crippen molar-refractivity contribution in [3.63, 3.8) is 0 Å². The summed E-state index contributed by atoms with van der Waals surface area (Å²) in [5, 5.41) is 6.42. The minimum absolute atomic E-state index is 0. The first-order valence-corrected chi connectivity index (χ1v) is 9.77. The van der Waals surface area contributed by atoms with Crippen molar-refractivity contribution < 1.29 is 13.9 Å². The number of benzene rings is 1. The van der Waals surface area contributed by atoms with Gasteiger partial charge in [-0.3, -0.25) is 4.99 Å². The topological polar surface area (TPSA) is 93.8 Å². The summed E-state index contributed by atoms with van der Waals surface area (Å²) in [5.41, 5.74) is 1.91. The van der Waals surface area contributed by atoms with E-state index >= 15 is 0 Å². The van der Waals surface area contributed by atoms with Gasteiger partial charge in [0.25, 0.3) is 0 Å². The highest BCUT2D eigenvalue weighted by Gasteiger charge is 2.06. The molecule has 0 saturated heterocycles. The summed E-state index contributed by atoms with van der Waals surface area (Å²) < 4.78 is 16.8. The molecule has 0 unspecified atom stereocenters. The van der Waals surface area contributed by atoms with Gasteiger partial charge in [-0.05, 0) is 31.5 Å². The van der Waals surface area contributed by atoms with Crippen LogP contribution in [0.15, 0.2) is 58.1 Å². The maximum atomic E-state index is 5.62. The lowest BCUT2D eigenvalue weighted by Gasteiger charge is -2.11. The Morgan fingerprint density at radius 1 is 1.00 bits per heavy atom. The lowest BCUT2D eigenvalue weighted by molar-refractivity contribution is 0.212. The van der Waals surface area contributed by atoms with E-state index in [0.717, 1.165) is 22.8 Å². The number of nitrogens with one attached hydrogen (secondary N) is 2. The van der Waals surface area contributed by atoms with Crippen LogP contribution in [0.5, 0.6) is 11.6 Å². The molecule has 2 N–H and O–H groups in total. The van der Waals surface area contributed by atoms with E-state index in [9.17, 15) is 0 Å². The summed E-state index contributed by atoms with van der Waals surface area (Å²) in [4.78, 5) is 12.9. The Bertz CT molecular complexity index is 926. The number of hydrogen-bond acceptors (Lipinski definition) is 6. The number of oxazole rings is 1. The van der Waals surface area contributed by atoms with E-state index in [2.05, 4.69) is 25.6 Å². The Labute approximate surface area is 199 Å². The third-order valence-electron chi connectivity index (χ3n) is 4.31. The molecule has 1 aromatic carbocycles. The molecular formula is C22H28IN5O3. The summed E-state index contributed by atoms with van der Waals surface area (Å²) in [7, 11) is 1.72. The number of hydrogen-bond donors (Lipinski definition) is 2. The lowest BCUT2D eigenvalue weighted by Crippen LogP contribution is -2.36. The Kier molecular flexibility index (Phi) is 10.1. The Balaban J connectivity index is 0.00000341. The van der Waals surface area contributed by atoms with Gasteiger partial charge in [0, 0.05) is 25.9 Å². The van der Waals surface area contributed by atoms with Gasteiger partial charge in [-0.1, -0.05) is 24.3 Å². The molecule has 3 rings (SSSR count). The van der Waals surface area contributed by atoms with Crippen LogP contribution in [0.25, 0.3) is 0 Å². The second-order valence-corrected chi connectivity index (χ2v) is 6.54. The van der Waals surface area contributed by atoms with Crippen molar-refractivity contribution in [2.75, 3.05) is 20.3 Å². The number of nitrogens with zero attached hydrogens (tertiary/aromatic N) is 3. The number of guanidine groups is 1. The first kappa shape index (κ1) is 24.4. The molecule has 8 nitrogen and oxygen atoms in total. The standard InChI is InChI=1S/C22H27N5O3.HI/c1-16-17(2)30-21(27-16)15-26-22(23-3)25-14-18-9-10-20(24-13-18)29-12-11-28-19-7-5-4-6-8-19;/h4-10,13H,11-12,14-15H2,1-3H3,(H2,23,25,26);1H. The van der Waals surface area contributed by atoms with Crippen molar-refractivity contribution in [2.24, 2.45) is 4.99 Å². The van der Waals surface area contributed by atoms with Crippen LogP contribution in [0.1, 0.15) is 22.9 Å². The van der Waals surface area contributed by atoms with Crippen LogP contribution in [-0.4, -0.2) is 36.2 Å². The zero-order chi connectivity index (χ0) is 21.2. The van der Waals surface area contributed by atoms with E-state index in [0.29, 0.717) is 44.0 Å².